The third-order valence-electron chi connectivity index (χ3n) is 5.09. The lowest BCUT2D eigenvalue weighted by Crippen LogP contribution is -2.44. The number of pyridine rings is 1. The van der Waals surface area contributed by atoms with Crippen LogP contribution in [0.4, 0.5) is 0 Å². The van der Waals surface area contributed by atoms with Gasteiger partial charge in [-0.05, 0) is 39.3 Å². The molecule has 0 saturated carbocycles. The number of carbonyl (C=O) groups excluding carboxylic acids is 1. The van der Waals surface area contributed by atoms with Gasteiger partial charge in [0.05, 0.1) is 23.2 Å². The van der Waals surface area contributed by atoms with Crippen LogP contribution in [0.1, 0.15) is 48.8 Å². The van der Waals surface area contributed by atoms with E-state index in [2.05, 4.69) is 39.5 Å². The zero-order valence-electron chi connectivity index (χ0n) is 16.1. The molecule has 3 rings (SSSR count). The van der Waals surface area contributed by atoms with Crippen molar-refractivity contribution in [2.75, 3.05) is 39.3 Å². The molecule has 2 N–H and O–H groups in total. The standard InChI is InChI=1S/C19H30N6O/c1-4-15(3)25-18-17(13-22-25)16(12-14(2)23-18)19(26)21-6-5-9-24-10-7-20-8-11-24/h12-13,15,20H,4-11H2,1-3H3,(H,21,26). The fourth-order valence-corrected chi connectivity index (χ4v) is 3.36. The fourth-order valence-electron chi connectivity index (χ4n) is 3.36. The summed E-state index contributed by atoms with van der Waals surface area (Å²) in [6, 6.07) is 2.12. The molecule has 1 unspecified atom stereocenters. The number of fused-ring (bicyclic) bond motifs is 1. The van der Waals surface area contributed by atoms with Gasteiger partial charge < -0.3 is 15.5 Å². The van der Waals surface area contributed by atoms with Gasteiger partial charge in [0.15, 0.2) is 5.65 Å². The Morgan fingerprint density at radius 3 is 2.88 bits per heavy atom. The van der Waals surface area contributed by atoms with Crippen LogP contribution in [0.2, 0.25) is 0 Å². The van der Waals surface area contributed by atoms with E-state index in [0.717, 1.165) is 62.3 Å². The molecule has 2 aromatic rings. The van der Waals surface area contributed by atoms with Gasteiger partial charge in [0.1, 0.15) is 0 Å². The van der Waals surface area contributed by atoms with Gasteiger partial charge in [-0.15, -0.1) is 0 Å². The van der Waals surface area contributed by atoms with Gasteiger partial charge in [0, 0.05) is 38.4 Å². The largest absolute Gasteiger partial charge is 0.352 e. The average molecular weight is 358 g/mol. The molecule has 1 aliphatic rings. The van der Waals surface area contributed by atoms with Crippen LogP contribution < -0.4 is 10.6 Å². The number of piperazine rings is 1. The maximum absolute atomic E-state index is 12.7. The molecule has 2 aromatic heterocycles. The Bertz CT molecular complexity index is 750. The molecule has 0 spiro atoms. The number of rotatable bonds is 7. The van der Waals surface area contributed by atoms with E-state index in [4.69, 9.17) is 0 Å². The minimum absolute atomic E-state index is 0.0375. The average Bonchev–Trinajstić information content (AvgIpc) is 3.08. The number of aromatic nitrogens is 3. The molecule has 1 fully saturated rings. The van der Waals surface area contributed by atoms with Gasteiger partial charge in [0.2, 0.25) is 0 Å². The summed E-state index contributed by atoms with van der Waals surface area (Å²) in [5.41, 5.74) is 2.31. The molecule has 3 heterocycles. The summed E-state index contributed by atoms with van der Waals surface area (Å²) in [6.45, 7) is 12.2. The normalized spacial score (nSPS) is 16.7. The Hall–Kier alpha value is -1.99. The first-order valence-electron chi connectivity index (χ1n) is 9.66. The first-order valence-corrected chi connectivity index (χ1v) is 9.66. The van der Waals surface area contributed by atoms with Crippen molar-refractivity contribution < 1.29 is 4.79 Å². The Kier molecular flexibility index (Phi) is 6.21. The summed E-state index contributed by atoms with van der Waals surface area (Å²) in [5.74, 6) is -0.0375. The maximum Gasteiger partial charge on any atom is 0.252 e. The van der Waals surface area contributed by atoms with Crippen LogP contribution in [0.3, 0.4) is 0 Å². The first-order chi connectivity index (χ1) is 12.6. The number of amides is 1. The summed E-state index contributed by atoms with van der Waals surface area (Å²) in [5, 5.41) is 11.7. The quantitative estimate of drug-likeness (QED) is 0.738. The third-order valence-corrected chi connectivity index (χ3v) is 5.09. The lowest BCUT2D eigenvalue weighted by atomic mass is 10.1. The van der Waals surface area contributed by atoms with Gasteiger partial charge in [0.25, 0.3) is 5.91 Å². The smallest absolute Gasteiger partial charge is 0.252 e. The molecule has 1 aliphatic heterocycles. The summed E-state index contributed by atoms with van der Waals surface area (Å²) in [6.07, 6.45) is 3.70. The zero-order valence-corrected chi connectivity index (χ0v) is 16.1. The number of nitrogens with one attached hydrogen (secondary N) is 2. The highest BCUT2D eigenvalue weighted by atomic mass is 16.1. The number of aryl methyl sites for hydroxylation is 1. The zero-order chi connectivity index (χ0) is 18.5. The molecule has 1 amide bonds. The summed E-state index contributed by atoms with van der Waals surface area (Å²) in [7, 11) is 0. The molecule has 0 bridgehead atoms. The highest BCUT2D eigenvalue weighted by molar-refractivity contribution is 6.05. The molecule has 1 atom stereocenters. The van der Waals surface area contributed by atoms with E-state index < -0.39 is 0 Å². The Balaban J connectivity index is 1.65. The second-order valence-corrected chi connectivity index (χ2v) is 7.10. The molecule has 7 nitrogen and oxygen atoms in total. The van der Waals surface area contributed by atoms with Crippen LogP contribution >= 0.6 is 0 Å². The number of hydrogen-bond donors (Lipinski definition) is 2. The second-order valence-electron chi connectivity index (χ2n) is 7.10. The van der Waals surface area contributed by atoms with Crippen LogP contribution in [-0.2, 0) is 0 Å². The predicted molar refractivity (Wildman–Crippen MR) is 104 cm³/mol. The van der Waals surface area contributed by atoms with Crippen LogP contribution in [0.5, 0.6) is 0 Å². The molecule has 0 radical (unpaired) electrons. The van der Waals surface area contributed by atoms with E-state index in [1.54, 1.807) is 6.20 Å². The summed E-state index contributed by atoms with van der Waals surface area (Å²) < 4.78 is 1.92. The summed E-state index contributed by atoms with van der Waals surface area (Å²) >= 11 is 0. The highest BCUT2D eigenvalue weighted by Crippen LogP contribution is 2.22. The summed E-state index contributed by atoms with van der Waals surface area (Å²) in [4.78, 5) is 19.8. The first kappa shape index (κ1) is 18.8. The van der Waals surface area contributed by atoms with Gasteiger partial charge in [-0.3, -0.25) is 4.79 Å². The Morgan fingerprint density at radius 1 is 1.38 bits per heavy atom. The van der Waals surface area contributed by atoms with Gasteiger partial charge in [-0.25, -0.2) is 9.67 Å². The minimum atomic E-state index is -0.0375. The van der Waals surface area contributed by atoms with E-state index in [0.29, 0.717) is 12.1 Å². The molecule has 26 heavy (non-hydrogen) atoms. The van der Waals surface area contributed by atoms with Crippen molar-refractivity contribution in [3.63, 3.8) is 0 Å². The van der Waals surface area contributed by atoms with Crippen LogP contribution in [0, 0.1) is 6.92 Å². The van der Waals surface area contributed by atoms with Crippen LogP contribution in [0.25, 0.3) is 11.0 Å². The van der Waals surface area contributed by atoms with E-state index in [-0.39, 0.29) is 11.9 Å². The van der Waals surface area contributed by atoms with Gasteiger partial charge in [-0.1, -0.05) is 6.92 Å². The van der Waals surface area contributed by atoms with Gasteiger partial charge in [-0.2, -0.15) is 5.10 Å². The van der Waals surface area contributed by atoms with Crippen molar-refractivity contribution in [1.29, 1.82) is 0 Å². The molecular weight excluding hydrogens is 328 g/mol. The van der Waals surface area contributed by atoms with Crippen molar-refractivity contribution in [3.05, 3.63) is 23.5 Å². The van der Waals surface area contributed by atoms with E-state index in [1.807, 2.05) is 17.7 Å². The van der Waals surface area contributed by atoms with Gasteiger partial charge >= 0.3 is 0 Å². The lowest BCUT2D eigenvalue weighted by molar-refractivity contribution is 0.0952. The SMILES string of the molecule is CCC(C)n1ncc2c(C(=O)NCCCN3CCNCC3)cc(C)nc21. The maximum atomic E-state index is 12.7. The number of carbonyl (C=O) groups is 1. The number of nitrogens with zero attached hydrogens (tertiary/aromatic N) is 4. The Morgan fingerprint density at radius 2 is 2.15 bits per heavy atom. The van der Waals surface area contributed by atoms with Crippen molar-refractivity contribution in [1.82, 2.24) is 30.3 Å². The van der Waals surface area contributed by atoms with E-state index >= 15 is 0 Å². The Labute approximate surface area is 155 Å². The molecular formula is C19H30N6O. The fraction of sp³-hybridized carbons (Fsp3) is 0.632. The van der Waals surface area contributed by atoms with Crippen LogP contribution in [-0.4, -0.2) is 64.8 Å². The topological polar surface area (TPSA) is 75.1 Å². The predicted octanol–water partition coefficient (Wildman–Crippen LogP) is 1.74. The lowest BCUT2D eigenvalue weighted by Gasteiger charge is -2.27. The third kappa shape index (κ3) is 4.22. The monoisotopic (exact) mass is 358 g/mol. The van der Waals surface area contributed by atoms with Crippen LogP contribution in [0.15, 0.2) is 12.3 Å². The molecule has 0 aromatic carbocycles. The number of hydrogen-bond acceptors (Lipinski definition) is 5. The molecule has 7 heteroatoms. The minimum Gasteiger partial charge on any atom is -0.352 e. The highest BCUT2D eigenvalue weighted by Gasteiger charge is 2.17. The molecule has 0 aliphatic carbocycles. The molecule has 142 valence electrons. The van der Waals surface area contributed by atoms with Crippen molar-refractivity contribution >= 4 is 16.9 Å². The second kappa shape index (κ2) is 8.60. The van der Waals surface area contributed by atoms with Crippen molar-refractivity contribution in [2.45, 2.75) is 39.7 Å². The van der Waals surface area contributed by atoms with Crippen molar-refractivity contribution in [2.24, 2.45) is 0 Å². The van der Waals surface area contributed by atoms with E-state index in [9.17, 15) is 4.79 Å². The molecule has 1 saturated heterocycles. The van der Waals surface area contributed by atoms with Crippen molar-refractivity contribution in [3.8, 4) is 0 Å². The van der Waals surface area contributed by atoms with E-state index in [1.165, 1.54) is 0 Å².